The molecule has 26 heavy (non-hydrogen) atoms. The molecule has 4 aromatic rings. The van der Waals surface area contributed by atoms with E-state index in [0.717, 1.165) is 33.9 Å². The van der Waals surface area contributed by atoms with Crippen LogP contribution in [0.5, 0.6) is 11.5 Å². The highest BCUT2D eigenvalue weighted by atomic mass is 16.7. The van der Waals surface area contributed by atoms with Crippen molar-refractivity contribution < 1.29 is 9.47 Å². The predicted molar refractivity (Wildman–Crippen MR) is 101 cm³/mol. The molecule has 0 bridgehead atoms. The van der Waals surface area contributed by atoms with E-state index in [9.17, 15) is 0 Å². The van der Waals surface area contributed by atoms with E-state index in [0.29, 0.717) is 12.2 Å². The number of benzene rings is 3. The Morgan fingerprint density at radius 2 is 1.77 bits per heavy atom. The van der Waals surface area contributed by atoms with Crippen LogP contribution in [0.4, 0.5) is 5.69 Å². The summed E-state index contributed by atoms with van der Waals surface area (Å²) in [5.74, 6) is 2.37. The van der Waals surface area contributed by atoms with E-state index in [1.165, 1.54) is 5.56 Å². The van der Waals surface area contributed by atoms with E-state index < -0.39 is 0 Å². The van der Waals surface area contributed by atoms with Gasteiger partial charge in [-0.15, -0.1) is 0 Å². The normalized spacial score (nSPS) is 12.6. The number of ether oxygens (including phenoxy) is 2. The maximum absolute atomic E-state index is 6.18. The van der Waals surface area contributed by atoms with Gasteiger partial charge in [-0.3, -0.25) is 0 Å². The van der Waals surface area contributed by atoms with Crippen LogP contribution in [0.3, 0.4) is 0 Å². The molecule has 0 radical (unpaired) electrons. The SMILES string of the molecule is Nc1cccc2c1nc(-c1ccc3c(c1)OCO3)n2Cc1ccccc1. The largest absolute Gasteiger partial charge is 0.454 e. The number of hydrogen-bond donors (Lipinski definition) is 1. The first-order chi connectivity index (χ1) is 12.8. The molecule has 2 heterocycles. The molecule has 0 spiro atoms. The summed E-state index contributed by atoms with van der Waals surface area (Å²) < 4.78 is 13.1. The van der Waals surface area contributed by atoms with E-state index in [4.69, 9.17) is 20.2 Å². The van der Waals surface area contributed by atoms with Crippen LogP contribution in [0.25, 0.3) is 22.4 Å². The number of para-hydroxylation sites is 1. The Balaban J connectivity index is 1.71. The van der Waals surface area contributed by atoms with E-state index >= 15 is 0 Å². The maximum Gasteiger partial charge on any atom is 0.231 e. The number of nitrogen functional groups attached to an aromatic ring is 1. The lowest BCUT2D eigenvalue weighted by Gasteiger charge is -2.10. The molecule has 5 heteroatoms. The van der Waals surface area contributed by atoms with Crippen molar-refractivity contribution in [1.82, 2.24) is 9.55 Å². The van der Waals surface area contributed by atoms with Crippen molar-refractivity contribution in [2.45, 2.75) is 6.54 Å². The van der Waals surface area contributed by atoms with Gasteiger partial charge in [-0.1, -0.05) is 36.4 Å². The fourth-order valence-corrected chi connectivity index (χ4v) is 3.35. The molecule has 2 N–H and O–H groups in total. The fourth-order valence-electron chi connectivity index (χ4n) is 3.35. The zero-order chi connectivity index (χ0) is 17.5. The van der Waals surface area contributed by atoms with Crippen molar-refractivity contribution in [3.05, 3.63) is 72.3 Å². The second-order valence-corrected chi connectivity index (χ2v) is 6.29. The van der Waals surface area contributed by atoms with Crippen LogP contribution in [0, 0.1) is 0 Å². The van der Waals surface area contributed by atoms with Crippen LogP contribution in [0.2, 0.25) is 0 Å². The molecular weight excluding hydrogens is 326 g/mol. The Morgan fingerprint density at radius 3 is 2.65 bits per heavy atom. The summed E-state index contributed by atoms with van der Waals surface area (Å²) >= 11 is 0. The van der Waals surface area contributed by atoms with E-state index in [1.807, 2.05) is 48.5 Å². The standard InChI is InChI=1S/C21H17N3O2/c22-16-7-4-8-17-20(16)23-21(24(17)12-14-5-2-1-3-6-14)15-9-10-18-19(11-15)26-13-25-18/h1-11H,12-13,22H2. The number of rotatable bonds is 3. The van der Waals surface area contributed by atoms with E-state index in [-0.39, 0.29) is 6.79 Å². The second-order valence-electron chi connectivity index (χ2n) is 6.29. The van der Waals surface area contributed by atoms with Crippen LogP contribution in [0.15, 0.2) is 66.7 Å². The molecule has 0 fully saturated rings. The zero-order valence-corrected chi connectivity index (χ0v) is 14.1. The van der Waals surface area contributed by atoms with Crippen molar-refractivity contribution in [3.8, 4) is 22.9 Å². The number of aromatic nitrogens is 2. The molecule has 0 saturated heterocycles. The third-order valence-corrected chi connectivity index (χ3v) is 4.62. The Bertz CT molecular complexity index is 1100. The summed E-state index contributed by atoms with van der Waals surface area (Å²) in [6.07, 6.45) is 0. The van der Waals surface area contributed by atoms with Gasteiger partial charge in [-0.25, -0.2) is 4.98 Å². The monoisotopic (exact) mass is 343 g/mol. The predicted octanol–water partition coefficient (Wildman–Crippen LogP) is 4.06. The van der Waals surface area contributed by atoms with E-state index in [2.05, 4.69) is 22.8 Å². The lowest BCUT2D eigenvalue weighted by atomic mass is 10.1. The van der Waals surface area contributed by atoms with Gasteiger partial charge in [0.15, 0.2) is 11.5 Å². The quantitative estimate of drug-likeness (QED) is 0.570. The number of anilines is 1. The Hall–Kier alpha value is -3.47. The maximum atomic E-state index is 6.18. The summed E-state index contributed by atoms with van der Waals surface area (Å²) in [4.78, 5) is 4.85. The molecule has 1 aliphatic rings. The van der Waals surface area contributed by atoms with Crippen LogP contribution >= 0.6 is 0 Å². The highest BCUT2D eigenvalue weighted by Gasteiger charge is 2.19. The molecule has 0 atom stereocenters. The number of imidazole rings is 1. The molecule has 5 nitrogen and oxygen atoms in total. The topological polar surface area (TPSA) is 62.3 Å². The first-order valence-corrected chi connectivity index (χ1v) is 8.48. The Morgan fingerprint density at radius 1 is 0.923 bits per heavy atom. The van der Waals surface area contributed by atoms with Crippen molar-refractivity contribution >= 4 is 16.7 Å². The lowest BCUT2D eigenvalue weighted by Crippen LogP contribution is -2.02. The summed E-state index contributed by atoms with van der Waals surface area (Å²) in [7, 11) is 0. The van der Waals surface area contributed by atoms with Gasteiger partial charge in [0.1, 0.15) is 11.3 Å². The summed E-state index contributed by atoms with van der Waals surface area (Å²) in [6.45, 7) is 0.969. The lowest BCUT2D eigenvalue weighted by molar-refractivity contribution is 0.174. The molecule has 128 valence electrons. The van der Waals surface area contributed by atoms with Crippen molar-refractivity contribution in [2.75, 3.05) is 12.5 Å². The Labute approximate surface area is 150 Å². The van der Waals surface area contributed by atoms with Gasteiger partial charge in [0.25, 0.3) is 0 Å². The minimum Gasteiger partial charge on any atom is -0.454 e. The molecule has 0 unspecified atom stereocenters. The van der Waals surface area contributed by atoms with E-state index in [1.54, 1.807) is 0 Å². The molecule has 0 aliphatic carbocycles. The summed E-state index contributed by atoms with van der Waals surface area (Å²) in [6, 6.07) is 22.1. The van der Waals surface area contributed by atoms with Gasteiger partial charge in [-0.2, -0.15) is 0 Å². The van der Waals surface area contributed by atoms with Crippen LogP contribution in [0.1, 0.15) is 5.56 Å². The number of nitrogens with two attached hydrogens (primary N) is 1. The molecule has 1 aliphatic heterocycles. The average Bonchev–Trinajstić information content (AvgIpc) is 3.28. The first-order valence-electron chi connectivity index (χ1n) is 8.48. The number of nitrogens with zero attached hydrogens (tertiary/aromatic N) is 2. The molecule has 1 aromatic heterocycles. The molecule has 0 amide bonds. The van der Waals surface area contributed by atoms with Crippen molar-refractivity contribution in [2.24, 2.45) is 0 Å². The van der Waals surface area contributed by atoms with Crippen molar-refractivity contribution in [1.29, 1.82) is 0 Å². The minimum atomic E-state index is 0.256. The van der Waals surface area contributed by atoms with Gasteiger partial charge in [-0.05, 0) is 35.9 Å². The summed E-state index contributed by atoms with van der Waals surface area (Å²) in [5.41, 5.74) is 10.9. The first kappa shape index (κ1) is 14.8. The highest BCUT2D eigenvalue weighted by molar-refractivity contribution is 5.90. The Kier molecular flexibility index (Phi) is 3.31. The van der Waals surface area contributed by atoms with Crippen LogP contribution in [-0.2, 0) is 6.54 Å². The molecule has 3 aromatic carbocycles. The summed E-state index contributed by atoms with van der Waals surface area (Å²) in [5, 5.41) is 0. The highest BCUT2D eigenvalue weighted by Crippen LogP contribution is 2.37. The third-order valence-electron chi connectivity index (χ3n) is 4.62. The van der Waals surface area contributed by atoms with Gasteiger partial charge in [0, 0.05) is 12.1 Å². The molecular formula is C21H17N3O2. The smallest absolute Gasteiger partial charge is 0.231 e. The number of hydrogen-bond acceptors (Lipinski definition) is 4. The number of fused-ring (bicyclic) bond motifs is 2. The minimum absolute atomic E-state index is 0.256. The zero-order valence-electron chi connectivity index (χ0n) is 14.1. The van der Waals surface area contributed by atoms with Gasteiger partial charge < -0.3 is 19.8 Å². The molecule has 5 rings (SSSR count). The van der Waals surface area contributed by atoms with Gasteiger partial charge >= 0.3 is 0 Å². The van der Waals surface area contributed by atoms with Gasteiger partial charge in [0.05, 0.1) is 11.2 Å². The van der Waals surface area contributed by atoms with Gasteiger partial charge in [0.2, 0.25) is 6.79 Å². The molecule has 0 saturated carbocycles. The third kappa shape index (κ3) is 2.37. The second kappa shape index (κ2) is 5.81. The fraction of sp³-hybridized carbons (Fsp3) is 0.0952. The van der Waals surface area contributed by atoms with Crippen LogP contribution < -0.4 is 15.2 Å². The van der Waals surface area contributed by atoms with Crippen LogP contribution in [-0.4, -0.2) is 16.3 Å². The van der Waals surface area contributed by atoms with Crippen molar-refractivity contribution in [3.63, 3.8) is 0 Å². The average molecular weight is 343 g/mol.